The molecule has 23 heavy (non-hydrogen) atoms. The van der Waals surface area contributed by atoms with Gasteiger partial charge in [-0.2, -0.15) is 0 Å². The van der Waals surface area contributed by atoms with Gasteiger partial charge in [-0.15, -0.1) is 0 Å². The number of hydrogen-bond donors (Lipinski definition) is 1. The minimum atomic E-state index is -0.392. The largest absolute Gasteiger partial charge is 0.461 e. The van der Waals surface area contributed by atoms with E-state index in [9.17, 15) is 9.18 Å². The highest BCUT2D eigenvalue weighted by Gasteiger charge is 2.52. The summed E-state index contributed by atoms with van der Waals surface area (Å²) in [5, 5.41) is 2.84. The Labute approximate surface area is 137 Å². The molecule has 0 aliphatic carbocycles. The third-order valence-electron chi connectivity index (χ3n) is 4.65. The Kier molecular flexibility index (Phi) is 5.16. The van der Waals surface area contributed by atoms with E-state index in [0.717, 1.165) is 5.56 Å². The third kappa shape index (κ3) is 4.33. The van der Waals surface area contributed by atoms with Crippen LogP contribution in [0.5, 0.6) is 0 Å². The number of amides is 1. The van der Waals surface area contributed by atoms with Crippen molar-refractivity contribution in [3.05, 3.63) is 35.6 Å². The average molecular weight is 321 g/mol. The number of carbonyl (C=O) groups excluding carboxylic acids is 1. The van der Waals surface area contributed by atoms with Gasteiger partial charge >= 0.3 is 7.12 Å². The fourth-order valence-corrected chi connectivity index (χ4v) is 2.38. The van der Waals surface area contributed by atoms with Crippen LogP contribution in [0, 0.1) is 5.82 Å². The maximum atomic E-state index is 12.8. The fraction of sp³-hybridized carbons (Fsp3) is 0.588. The Bertz CT molecular complexity index is 543. The molecule has 1 saturated heterocycles. The SMILES string of the molecule is CC(CC(=O)NCc1ccc(F)cc1)B1OC(C)(C)C(C)(C)O1. The highest BCUT2D eigenvalue weighted by atomic mass is 19.1. The Morgan fingerprint density at radius 1 is 1.17 bits per heavy atom. The first kappa shape index (κ1) is 18.0. The summed E-state index contributed by atoms with van der Waals surface area (Å²) in [5.41, 5.74) is 0.0792. The molecule has 0 bridgehead atoms. The molecule has 0 spiro atoms. The molecular formula is C17H25BFNO3. The molecule has 1 amide bonds. The molecule has 1 N–H and O–H groups in total. The molecule has 1 aromatic rings. The summed E-state index contributed by atoms with van der Waals surface area (Å²) in [5.74, 6) is -0.407. The van der Waals surface area contributed by atoms with Crippen LogP contribution >= 0.6 is 0 Å². The van der Waals surface area contributed by atoms with Crippen molar-refractivity contribution in [1.29, 1.82) is 0 Å². The zero-order valence-electron chi connectivity index (χ0n) is 14.5. The molecule has 6 heteroatoms. The van der Waals surface area contributed by atoms with Gasteiger partial charge in [0.05, 0.1) is 11.2 Å². The van der Waals surface area contributed by atoms with E-state index in [-0.39, 0.29) is 17.5 Å². The van der Waals surface area contributed by atoms with Crippen LogP contribution in [0.1, 0.15) is 46.6 Å². The second-order valence-corrected chi connectivity index (χ2v) is 7.21. The first-order valence-electron chi connectivity index (χ1n) is 7.97. The Balaban J connectivity index is 1.82. The minimum Gasteiger partial charge on any atom is -0.403 e. The zero-order valence-corrected chi connectivity index (χ0v) is 14.5. The summed E-state index contributed by atoms with van der Waals surface area (Å²) >= 11 is 0. The van der Waals surface area contributed by atoms with Crippen LogP contribution < -0.4 is 5.32 Å². The molecule has 1 heterocycles. The van der Waals surface area contributed by atoms with E-state index in [2.05, 4.69) is 5.32 Å². The van der Waals surface area contributed by atoms with Crippen LogP contribution in [-0.2, 0) is 20.6 Å². The molecular weight excluding hydrogens is 296 g/mol. The van der Waals surface area contributed by atoms with E-state index in [0.29, 0.717) is 13.0 Å². The Morgan fingerprint density at radius 3 is 2.22 bits per heavy atom. The molecule has 2 rings (SSSR count). The summed E-state index contributed by atoms with van der Waals surface area (Å²) in [4.78, 5) is 12.1. The number of halogens is 1. The van der Waals surface area contributed by atoms with Crippen molar-refractivity contribution < 1.29 is 18.5 Å². The Hall–Kier alpha value is -1.40. The van der Waals surface area contributed by atoms with Gasteiger partial charge in [0.1, 0.15) is 5.82 Å². The first-order valence-corrected chi connectivity index (χ1v) is 7.97. The maximum absolute atomic E-state index is 12.8. The molecule has 1 unspecified atom stereocenters. The van der Waals surface area contributed by atoms with Crippen molar-refractivity contribution >= 4 is 13.0 Å². The van der Waals surface area contributed by atoms with Gasteiger partial charge in [-0.25, -0.2) is 4.39 Å². The number of rotatable bonds is 5. The molecule has 1 atom stereocenters. The Morgan fingerprint density at radius 2 is 1.70 bits per heavy atom. The van der Waals surface area contributed by atoms with Crippen molar-refractivity contribution in [3.8, 4) is 0 Å². The van der Waals surface area contributed by atoms with E-state index in [1.54, 1.807) is 12.1 Å². The number of nitrogens with one attached hydrogen (secondary N) is 1. The lowest BCUT2D eigenvalue weighted by Gasteiger charge is -2.32. The van der Waals surface area contributed by atoms with Gasteiger partial charge in [0.25, 0.3) is 0 Å². The predicted molar refractivity (Wildman–Crippen MR) is 88.4 cm³/mol. The maximum Gasteiger partial charge on any atom is 0.461 e. The van der Waals surface area contributed by atoms with E-state index < -0.39 is 18.3 Å². The molecule has 126 valence electrons. The molecule has 1 aromatic carbocycles. The smallest absolute Gasteiger partial charge is 0.403 e. The lowest BCUT2D eigenvalue weighted by Crippen LogP contribution is -2.41. The lowest BCUT2D eigenvalue weighted by atomic mass is 9.71. The second kappa shape index (κ2) is 6.61. The third-order valence-corrected chi connectivity index (χ3v) is 4.65. The average Bonchev–Trinajstić information content (AvgIpc) is 2.67. The van der Waals surface area contributed by atoms with Crippen LogP contribution in [-0.4, -0.2) is 24.2 Å². The van der Waals surface area contributed by atoms with E-state index in [4.69, 9.17) is 9.31 Å². The molecule has 1 aliphatic rings. The van der Waals surface area contributed by atoms with Gasteiger partial charge in [0, 0.05) is 13.0 Å². The molecule has 0 saturated carbocycles. The van der Waals surface area contributed by atoms with Crippen molar-refractivity contribution in [3.63, 3.8) is 0 Å². The van der Waals surface area contributed by atoms with Crippen molar-refractivity contribution in [2.45, 2.75) is 64.6 Å². The number of carbonyl (C=O) groups is 1. The number of benzene rings is 1. The number of hydrogen-bond acceptors (Lipinski definition) is 3. The highest BCUT2D eigenvalue weighted by molar-refractivity contribution is 6.47. The normalized spacial score (nSPS) is 20.3. The van der Waals surface area contributed by atoms with Crippen molar-refractivity contribution in [2.24, 2.45) is 0 Å². The summed E-state index contributed by atoms with van der Waals surface area (Å²) in [6.07, 6.45) is 0.317. The summed E-state index contributed by atoms with van der Waals surface area (Å²) in [6.45, 7) is 10.3. The minimum absolute atomic E-state index is 0.0516. The molecule has 0 aromatic heterocycles. The van der Waals surface area contributed by atoms with E-state index in [1.165, 1.54) is 12.1 Å². The van der Waals surface area contributed by atoms with Gasteiger partial charge < -0.3 is 14.6 Å². The van der Waals surface area contributed by atoms with Crippen LogP contribution in [0.2, 0.25) is 5.82 Å². The van der Waals surface area contributed by atoms with Gasteiger partial charge in [-0.3, -0.25) is 4.79 Å². The van der Waals surface area contributed by atoms with Gasteiger partial charge in [0.2, 0.25) is 5.91 Å². The van der Waals surface area contributed by atoms with E-state index in [1.807, 2.05) is 34.6 Å². The predicted octanol–water partition coefficient (Wildman–Crippen LogP) is 3.31. The lowest BCUT2D eigenvalue weighted by molar-refractivity contribution is -0.121. The van der Waals surface area contributed by atoms with Gasteiger partial charge in [-0.05, 0) is 51.2 Å². The van der Waals surface area contributed by atoms with E-state index >= 15 is 0 Å². The van der Waals surface area contributed by atoms with Crippen LogP contribution in [0.25, 0.3) is 0 Å². The quantitative estimate of drug-likeness (QED) is 0.847. The van der Waals surface area contributed by atoms with Crippen molar-refractivity contribution in [2.75, 3.05) is 0 Å². The topological polar surface area (TPSA) is 47.6 Å². The first-order chi connectivity index (χ1) is 10.6. The molecule has 4 nitrogen and oxygen atoms in total. The molecule has 0 radical (unpaired) electrons. The van der Waals surface area contributed by atoms with Gasteiger partial charge in [0.15, 0.2) is 0 Å². The molecule has 1 aliphatic heterocycles. The summed E-state index contributed by atoms with van der Waals surface area (Å²) in [6, 6.07) is 6.09. The zero-order chi connectivity index (χ0) is 17.3. The van der Waals surface area contributed by atoms with Crippen molar-refractivity contribution in [1.82, 2.24) is 5.32 Å². The van der Waals surface area contributed by atoms with Crippen LogP contribution in [0.3, 0.4) is 0 Å². The molecule has 1 fully saturated rings. The standard InChI is InChI=1S/C17H25BFNO3/c1-12(18-22-16(2,3)17(4,5)23-18)10-15(21)20-11-13-6-8-14(19)9-7-13/h6-9,12H,10-11H2,1-5H3,(H,20,21). The monoisotopic (exact) mass is 321 g/mol. The van der Waals surface area contributed by atoms with Crippen LogP contribution in [0.15, 0.2) is 24.3 Å². The fourth-order valence-electron chi connectivity index (χ4n) is 2.38. The summed E-state index contributed by atoms with van der Waals surface area (Å²) < 4.78 is 24.8. The van der Waals surface area contributed by atoms with Gasteiger partial charge in [-0.1, -0.05) is 19.1 Å². The summed E-state index contributed by atoms with van der Waals surface area (Å²) in [7, 11) is -0.392. The second-order valence-electron chi connectivity index (χ2n) is 7.21. The van der Waals surface area contributed by atoms with Crippen LogP contribution in [0.4, 0.5) is 4.39 Å². The highest BCUT2D eigenvalue weighted by Crippen LogP contribution is 2.40.